The maximum atomic E-state index is 15.3. The molecule has 0 amide bonds. The molecule has 2 bridgehead atoms. The second-order valence-corrected chi connectivity index (χ2v) is 15.9. The number of aliphatic hydroxyl groups is 2. The van der Waals surface area contributed by atoms with E-state index in [1.807, 2.05) is 116 Å². The number of ketones is 1. The van der Waals surface area contributed by atoms with Crippen LogP contribution in [-0.2, 0) is 19.9 Å². The highest BCUT2D eigenvalue weighted by Crippen LogP contribution is 2.71. The van der Waals surface area contributed by atoms with E-state index in [-0.39, 0.29) is 35.6 Å². The molecule has 4 aliphatic rings. The Morgan fingerprint density at radius 2 is 1.33 bits per heavy atom. The molecule has 0 unspecified atom stereocenters. The zero-order chi connectivity index (χ0) is 36.5. The van der Waals surface area contributed by atoms with Crippen molar-refractivity contribution in [1.29, 1.82) is 0 Å². The van der Waals surface area contributed by atoms with Crippen LogP contribution < -0.4 is 0 Å². The van der Waals surface area contributed by atoms with E-state index in [0.717, 1.165) is 16.7 Å². The van der Waals surface area contributed by atoms with Gasteiger partial charge in [0.05, 0.1) is 17.6 Å². The van der Waals surface area contributed by atoms with E-state index < -0.39 is 40.7 Å². The van der Waals surface area contributed by atoms with Crippen molar-refractivity contribution in [3.8, 4) is 0 Å². The zero-order valence-corrected chi connectivity index (χ0v) is 30.1. The van der Waals surface area contributed by atoms with E-state index >= 15 is 4.79 Å². The third kappa shape index (κ3) is 4.88. The van der Waals surface area contributed by atoms with Gasteiger partial charge in [0.1, 0.15) is 11.7 Å². The second kappa shape index (κ2) is 12.5. The molecule has 8 rings (SSSR count). The van der Waals surface area contributed by atoms with E-state index in [2.05, 4.69) is 13.8 Å². The minimum Gasteiger partial charge on any atom is -0.451 e. The number of carbonyl (C=O) groups excluding carboxylic acids is 2. The molecule has 2 fully saturated rings. The zero-order valence-electron chi connectivity index (χ0n) is 30.1. The summed E-state index contributed by atoms with van der Waals surface area (Å²) in [5, 5.41) is 26.1. The van der Waals surface area contributed by atoms with Crippen LogP contribution in [0.4, 0.5) is 0 Å². The number of hydrogen-bond acceptors (Lipinski definition) is 6. The maximum absolute atomic E-state index is 15.3. The minimum absolute atomic E-state index is 0.0353. The fraction of sp³-hybridized carbons (Fsp3) is 0.348. The molecule has 0 heterocycles. The lowest BCUT2D eigenvalue weighted by Crippen LogP contribution is -2.66. The Balaban J connectivity index is 1.28. The number of ether oxygens (including phenoxy) is 2. The quantitative estimate of drug-likeness (QED) is 0.112. The Bertz CT molecular complexity index is 1940. The van der Waals surface area contributed by atoms with Gasteiger partial charge in [-0.1, -0.05) is 142 Å². The molecular formula is C46H46O6. The number of rotatable bonds is 8. The van der Waals surface area contributed by atoms with Crippen molar-refractivity contribution in [2.24, 2.45) is 34.5 Å². The fourth-order valence-corrected chi connectivity index (χ4v) is 10.3. The molecule has 6 nitrogen and oxygen atoms in total. The molecule has 1 spiro atoms. The number of fused-ring (bicyclic) bond motifs is 3. The lowest BCUT2D eigenvalue weighted by Gasteiger charge is -2.49. The van der Waals surface area contributed by atoms with Crippen LogP contribution in [0.15, 0.2) is 145 Å². The molecule has 0 radical (unpaired) electrons. The predicted molar refractivity (Wildman–Crippen MR) is 199 cm³/mol. The van der Waals surface area contributed by atoms with E-state index in [0.29, 0.717) is 23.1 Å². The van der Waals surface area contributed by atoms with Crippen LogP contribution in [0.25, 0.3) is 0 Å². The van der Waals surface area contributed by atoms with Gasteiger partial charge in [-0.25, -0.2) is 4.79 Å². The number of allylic oxidation sites excluding steroid dienone is 1. The highest BCUT2D eigenvalue weighted by molar-refractivity contribution is 5.96. The molecule has 0 aliphatic heterocycles. The van der Waals surface area contributed by atoms with Crippen molar-refractivity contribution in [2.45, 2.75) is 57.5 Å². The van der Waals surface area contributed by atoms with Gasteiger partial charge in [-0.2, -0.15) is 0 Å². The van der Waals surface area contributed by atoms with Crippen LogP contribution in [0.1, 0.15) is 61.2 Å². The summed E-state index contributed by atoms with van der Waals surface area (Å²) >= 11 is 0. The molecule has 266 valence electrons. The minimum atomic E-state index is -2.18. The van der Waals surface area contributed by atoms with Crippen molar-refractivity contribution < 1.29 is 29.3 Å². The fourth-order valence-electron chi connectivity index (χ4n) is 10.3. The summed E-state index contributed by atoms with van der Waals surface area (Å²) in [4.78, 5) is 28.9. The summed E-state index contributed by atoms with van der Waals surface area (Å²) in [7, 11) is 0. The Labute approximate surface area is 305 Å². The van der Waals surface area contributed by atoms with Crippen LogP contribution in [0.3, 0.4) is 0 Å². The Kier molecular flexibility index (Phi) is 8.29. The molecule has 52 heavy (non-hydrogen) atoms. The van der Waals surface area contributed by atoms with Gasteiger partial charge in [0.15, 0.2) is 17.5 Å². The maximum Gasteiger partial charge on any atom is 0.338 e. The summed E-state index contributed by atoms with van der Waals surface area (Å²) in [6.45, 7) is 8.10. The van der Waals surface area contributed by atoms with Gasteiger partial charge in [0.2, 0.25) is 0 Å². The number of hydrogen-bond donors (Lipinski definition) is 2. The average Bonchev–Trinajstić information content (AvgIpc) is 3.66. The first-order chi connectivity index (χ1) is 25.0. The van der Waals surface area contributed by atoms with Gasteiger partial charge in [-0.15, -0.1) is 0 Å². The van der Waals surface area contributed by atoms with Crippen LogP contribution in [-0.4, -0.2) is 46.4 Å². The highest BCUT2D eigenvalue weighted by atomic mass is 16.6. The summed E-state index contributed by atoms with van der Waals surface area (Å²) < 4.78 is 13.4. The van der Waals surface area contributed by atoms with E-state index in [1.165, 1.54) is 0 Å². The van der Waals surface area contributed by atoms with Gasteiger partial charge in [0.25, 0.3) is 0 Å². The molecule has 6 heteroatoms. The van der Waals surface area contributed by atoms with Crippen LogP contribution >= 0.6 is 0 Å². The third-order valence-electron chi connectivity index (χ3n) is 12.9. The number of benzene rings is 4. The molecule has 2 N–H and O–H groups in total. The van der Waals surface area contributed by atoms with Crippen LogP contribution in [0.5, 0.6) is 0 Å². The first-order valence-electron chi connectivity index (χ1n) is 18.4. The second-order valence-electron chi connectivity index (χ2n) is 15.9. The number of carbonyl (C=O) groups is 2. The van der Waals surface area contributed by atoms with Gasteiger partial charge >= 0.3 is 5.97 Å². The SMILES string of the molecule is CC1=C[C@]23C(=O)[C@@H](C=C(COC(c4ccccc4)(c4ccccc4)c4ccccc4)[C@@H](O)[C@]2(O)[C@H]1OC(=O)c1ccccc1)[C@H]1[C@@H](C[C@H]3C)C1(C)C. The number of esters is 1. The normalized spacial score (nSPS) is 31.6. The van der Waals surface area contributed by atoms with E-state index in [4.69, 9.17) is 9.47 Å². The Hall–Kier alpha value is -4.62. The first-order valence-corrected chi connectivity index (χ1v) is 18.4. The van der Waals surface area contributed by atoms with Crippen molar-refractivity contribution in [1.82, 2.24) is 0 Å². The van der Waals surface area contributed by atoms with Crippen LogP contribution in [0, 0.1) is 34.5 Å². The van der Waals surface area contributed by atoms with Gasteiger partial charge in [-0.3, -0.25) is 4.79 Å². The summed E-state index contributed by atoms with van der Waals surface area (Å²) in [5.74, 6) is -1.38. The van der Waals surface area contributed by atoms with E-state index in [1.54, 1.807) is 31.2 Å². The Morgan fingerprint density at radius 1 is 0.827 bits per heavy atom. The molecule has 4 aliphatic carbocycles. The van der Waals surface area contributed by atoms with Crippen LogP contribution in [0.2, 0.25) is 0 Å². The lowest BCUT2D eigenvalue weighted by atomic mass is 9.59. The molecule has 0 saturated heterocycles. The molecule has 4 aromatic rings. The highest BCUT2D eigenvalue weighted by Gasteiger charge is 2.76. The molecule has 8 atom stereocenters. The predicted octanol–water partition coefficient (Wildman–Crippen LogP) is 7.70. The van der Waals surface area contributed by atoms with Crippen molar-refractivity contribution in [3.63, 3.8) is 0 Å². The smallest absolute Gasteiger partial charge is 0.338 e. The van der Waals surface area contributed by atoms with Gasteiger partial charge < -0.3 is 19.7 Å². The van der Waals surface area contributed by atoms with E-state index in [9.17, 15) is 15.0 Å². The van der Waals surface area contributed by atoms with Gasteiger partial charge in [-0.05, 0) is 76.5 Å². The topological polar surface area (TPSA) is 93.1 Å². The monoisotopic (exact) mass is 694 g/mol. The van der Waals surface area contributed by atoms with Crippen molar-refractivity contribution in [2.75, 3.05) is 6.61 Å². The molecule has 2 saturated carbocycles. The summed E-state index contributed by atoms with van der Waals surface area (Å²) in [5.41, 5.74) is -0.925. The van der Waals surface area contributed by atoms with Gasteiger partial charge in [0, 0.05) is 5.92 Å². The molecular weight excluding hydrogens is 648 g/mol. The molecule has 0 aromatic heterocycles. The first kappa shape index (κ1) is 34.5. The largest absolute Gasteiger partial charge is 0.451 e. The molecule has 4 aromatic carbocycles. The number of Topliss-reactive ketones (excluding diaryl/α,β-unsaturated/α-hetero) is 1. The Morgan fingerprint density at radius 3 is 1.85 bits per heavy atom. The summed E-state index contributed by atoms with van der Waals surface area (Å²) in [6, 6.07) is 38.6. The van der Waals surface area contributed by atoms with Crippen molar-refractivity contribution in [3.05, 3.63) is 167 Å². The average molecular weight is 695 g/mol. The third-order valence-corrected chi connectivity index (χ3v) is 12.9. The number of aliphatic hydroxyl groups excluding tert-OH is 1. The summed E-state index contributed by atoms with van der Waals surface area (Å²) in [6.07, 6.45) is 1.55. The standard InChI is InChI=1S/C46H46O6/c1-29-27-44-30(2)25-37-38(43(37,3)4)36(40(44)48)26-32(39(47)46(44,50)41(29)52-42(49)31-17-9-5-10-18-31)28-51-45(33-19-11-6-12-20-33,34-21-13-7-14-22-34)35-23-15-8-16-24-35/h5-24,26-27,30,36-39,41,47,50H,25,28H2,1-4H3/t30-,36+,37-,38+,39-,41+,44+,46+/m1/s1. The van der Waals surface area contributed by atoms with Crippen molar-refractivity contribution >= 4 is 11.8 Å². The lowest BCUT2D eigenvalue weighted by molar-refractivity contribution is -0.191.